The molecule has 0 fully saturated rings. The Balaban J connectivity index is 1.92. The molecule has 0 atom stereocenters. The van der Waals surface area contributed by atoms with Crippen molar-refractivity contribution in [3.05, 3.63) is 46.7 Å². The first-order valence-electron chi connectivity index (χ1n) is 9.68. The molecule has 0 N–H and O–H groups in total. The first-order chi connectivity index (χ1) is 14.3. The van der Waals surface area contributed by atoms with Gasteiger partial charge in [-0.1, -0.05) is 31.3 Å². The second kappa shape index (κ2) is 9.82. The van der Waals surface area contributed by atoms with E-state index < -0.39 is 9.84 Å². The Hall–Kier alpha value is -2.07. The largest absolute Gasteiger partial charge is 0.302 e. The zero-order chi connectivity index (χ0) is 21.7. The summed E-state index contributed by atoms with van der Waals surface area (Å²) in [7, 11) is -3.30. The third-order valence-electron chi connectivity index (χ3n) is 4.74. The van der Waals surface area contributed by atoms with Crippen molar-refractivity contribution >= 4 is 59.8 Å². The van der Waals surface area contributed by atoms with Gasteiger partial charge < -0.3 is 4.90 Å². The van der Waals surface area contributed by atoms with Crippen molar-refractivity contribution in [2.24, 2.45) is 0 Å². The fourth-order valence-corrected chi connectivity index (χ4v) is 5.33. The van der Waals surface area contributed by atoms with Crippen LogP contribution in [0, 0.1) is 0 Å². The highest BCUT2D eigenvalue weighted by molar-refractivity contribution is 7.90. The Morgan fingerprint density at radius 2 is 1.93 bits per heavy atom. The maximum absolute atomic E-state index is 13.0. The molecule has 3 rings (SSSR count). The lowest BCUT2D eigenvalue weighted by Gasteiger charge is -2.23. The normalized spacial score (nSPS) is 12.3. The van der Waals surface area contributed by atoms with Crippen LogP contribution in [0.15, 0.2) is 46.7 Å². The first kappa shape index (κ1) is 22.6. The van der Waals surface area contributed by atoms with Crippen molar-refractivity contribution in [3.8, 4) is 0 Å². The van der Waals surface area contributed by atoms with Crippen LogP contribution in [0.5, 0.6) is 0 Å². The Bertz CT molecular complexity index is 1130. The van der Waals surface area contributed by atoms with Gasteiger partial charge in [0.1, 0.15) is 0 Å². The average molecular weight is 464 g/mol. The molecule has 1 amide bonds. The molecule has 0 unspecified atom stereocenters. The predicted octanol–water partition coefficient (Wildman–Crippen LogP) is 4.15. The van der Waals surface area contributed by atoms with Crippen LogP contribution in [0.4, 0.5) is 5.13 Å². The number of aromatic nitrogens is 1. The van der Waals surface area contributed by atoms with Crippen LogP contribution in [-0.2, 0) is 14.6 Å². The number of nitrogens with zero attached hydrogens (tertiary/aromatic N) is 3. The van der Waals surface area contributed by atoms with Crippen molar-refractivity contribution in [1.29, 1.82) is 0 Å². The van der Waals surface area contributed by atoms with Gasteiger partial charge in [0, 0.05) is 30.3 Å². The molecule has 0 saturated heterocycles. The molecule has 9 heteroatoms. The minimum atomic E-state index is -3.30. The van der Waals surface area contributed by atoms with E-state index in [1.54, 1.807) is 40.5 Å². The lowest BCUT2D eigenvalue weighted by Crippen LogP contribution is -2.38. The Kier molecular flexibility index (Phi) is 7.41. The van der Waals surface area contributed by atoms with Gasteiger partial charge in [-0.15, -0.1) is 11.3 Å². The number of hydrogen-bond acceptors (Lipinski definition) is 7. The van der Waals surface area contributed by atoms with Gasteiger partial charge in [-0.25, -0.2) is 13.4 Å². The van der Waals surface area contributed by atoms with Gasteiger partial charge in [0.2, 0.25) is 0 Å². The van der Waals surface area contributed by atoms with Gasteiger partial charge >= 0.3 is 0 Å². The number of carbonyl (C=O) groups is 1. The zero-order valence-corrected chi connectivity index (χ0v) is 19.7. The van der Waals surface area contributed by atoms with Crippen LogP contribution >= 0.6 is 22.7 Å². The Morgan fingerprint density at radius 3 is 2.57 bits per heavy atom. The van der Waals surface area contributed by atoms with E-state index in [0.717, 1.165) is 29.2 Å². The van der Waals surface area contributed by atoms with Gasteiger partial charge in [0.25, 0.3) is 5.91 Å². The number of likely N-dealkylation sites (N-methyl/N-ethyl adjacent to an activating group) is 1. The topological polar surface area (TPSA) is 70.6 Å². The SMILES string of the molecule is CCN(CC)CCN(C(=O)C=Cc1cccs1)c1nc2ccc(S(C)(=O)=O)cc2s1. The highest BCUT2D eigenvalue weighted by Gasteiger charge is 2.19. The summed E-state index contributed by atoms with van der Waals surface area (Å²) in [5.41, 5.74) is 0.685. The van der Waals surface area contributed by atoms with Crippen LogP contribution < -0.4 is 4.90 Å². The summed E-state index contributed by atoms with van der Waals surface area (Å²) in [6, 6.07) is 8.78. The number of thiophene rings is 1. The highest BCUT2D eigenvalue weighted by atomic mass is 32.2. The number of benzene rings is 1. The van der Waals surface area contributed by atoms with E-state index in [1.807, 2.05) is 23.6 Å². The van der Waals surface area contributed by atoms with E-state index in [0.29, 0.717) is 17.2 Å². The summed E-state index contributed by atoms with van der Waals surface area (Å²) >= 11 is 2.90. The fraction of sp³-hybridized carbons (Fsp3) is 0.333. The number of sulfone groups is 1. The second-order valence-corrected chi connectivity index (χ2v) is 10.8. The van der Waals surface area contributed by atoms with E-state index in [4.69, 9.17) is 0 Å². The lowest BCUT2D eigenvalue weighted by molar-refractivity contribution is -0.114. The summed E-state index contributed by atoms with van der Waals surface area (Å²) in [6.45, 7) is 7.24. The molecule has 0 aliphatic rings. The van der Waals surface area contributed by atoms with Crippen LogP contribution in [0.3, 0.4) is 0 Å². The number of rotatable bonds is 9. The minimum absolute atomic E-state index is 0.141. The first-order valence-corrected chi connectivity index (χ1v) is 13.3. The maximum atomic E-state index is 13.0. The van der Waals surface area contributed by atoms with Crippen molar-refractivity contribution in [3.63, 3.8) is 0 Å². The average Bonchev–Trinajstić information content (AvgIpc) is 3.37. The molecule has 30 heavy (non-hydrogen) atoms. The van der Waals surface area contributed by atoms with Crippen LogP contribution in [0.25, 0.3) is 16.3 Å². The molecule has 0 aliphatic heterocycles. The third kappa shape index (κ3) is 5.54. The molecular weight excluding hydrogens is 438 g/mol. The van der Waals surface area contributed by atoms with Crippen LogP contribution in [0.2, 0.25) is 0 Å². The molecule has 0 aliphatic carbocycles. The van der Waals surface area contributed by atoms with E-state index in [9.17, 15) is 13.2 Å². The smallest absolute Gasteiger partial charge is 0.252 e. The van der Waals surface area contributed by atoms with Crippen molar-refractivity contribution < 1.29 is 13.2 Å². The molecule has 2 aromatic heterocycles. The van der Waals surface area contributed by atoms with Gasteiger partial charge in [0.15, 0.2) is 15.0 Å². The van der Waals surface area contributed by atoms with Gasteiger partial charge in [-0.2, -0.15) is 0 Å². The molecule has 1 aromatic carbocycles. The molecule has 0 radical (unpaired) electrons. The molecule has 160 valence electrons. The minimum Gasteiger partial charge on any atom is -0.302 e. The molecular formula is C21H25N3O3S3. The Morgan fingerprint density at radius 1 is 1.17 bits per heavy atom. The van der Waals surface area contributed by atoms with E-state index in [1.165, 1.54) is 17.6 Å². The van der Waals surface area contributed by atoms with Gasteiger partial charge in [-0.05, 0) is 48.8 Å². The van der Waals surface area contributed by atoms with Crippen molar-refractivity contribution in [2.45, 2.75) is 18.7 Å². The number of hydrogen-bond donors (Lipinski definition) is 0. The molecule has 0 bridgehead atoms. The molecule has 3 aromatic rings. The van der Waals surface area contributed by atoms with Crippen LogP contribution in [-0.4, -0.2) is 56.6 Å². The van der Waals surface area contributed by atoms with Gasteiger partial charge in [0.05, 0.1) is 15.1 Å². The van der Waals surface area contributed by atoms with Crippen LogP contribution in [0.1, 0.15) is 18.7 Å². The number of amides is 1. The standard InChI is InChI=1S/C21H25N3O3S3/c1-4-23(5-2)12-13-24(20(25)11-8-16-7-6-14-28-16)21-22-18-10-9-17(30(3,26)27)15-19(18)29-21/h6-11,14-15H,4-5,12-13H2,1-3H3. The number of thiazole rings is 1. The predicted molar refractivity (Wildman–Crippen MR) is 126 cm³/mol. The van der Waals surface area contributed by atoms with E-state index in [-0.39, 0.29) is 10.8 Å². The number of carbonyl (C=O) groups excluding carboxylic acids is 1. The van der Waals surface area contributed by atoms with Crippen molar-refractivity contribution in [1.82, 2.24) is 9.88 Å². The van der Waals surface area contributed by atoms with E-state index in [2.05, 4.69) is 23.7 Å². The number of anilines is 1. The maximum Gasteiger partial charge on any atom is 0.252 e. The molecule has 2 heterocycles. The second-order valence-electron chi connectivity index (χ2n) is 6.76. The highest BCUT2D eigenvalue weighted by Crippen LogP contribution is 2.31. The summed E-state index contributed by atoms with van der Waals surface area (Å²) in [4.78, 5) is 22.8. The quantitative estimate of drug-likeness (QED) is 0.446. The lowest BCUT2D eigenvalue weighted by atomic mass is 10.3. The molecule has 6 nitrogen and oxygen atoms in total. The summed E-state index contributed by atoms with van der Waals surface area (Å²) < 4.78 is 24.5. The third-order valence-corrected chi connectivity index (χ3v) is 7.73. The number of fused-ring (bicyclic) bond motifs is 1. The molecule has 0 saturated carbocycles. The monoisotopic (exact) mass is 463 g/mol. The summed E-state index contributed by atoms with van der Waals surface area (Å²) in [5.74, 6) is -0.141. The molecule has 0 spiro atoms. The van der Waals surface area contributed by atoms with E-state index >= 15 is 0 Å². The Labute approximate surface area is 185 Å². The zero-order valence-electron chi connectivity index (χ0n) is 17.2. The summed E-state index contributed by atoms with van der Waals surface area (Å²) in [5, 5.41) is 2.54. The van der Waals surface area contributed by atoms with Crippen molar-refractivity contribution in [2.75, 3.05) is 37.3 Å². The summed E-state index contributed by atoms with van der Waals surface area (Å²) in [6.07, 6.45) is 4.57. The van der Waals surface area contributed by atoms with Gasteiger partial charge in [-0.3, -0.25) is 9.69 Å². The fourth-order valence-electron chi connectivity index (χ4n) is 2.95.